The van der Waals surface area contributed by atoms with E-state index in [1.165, 1.54) is 47.1 Å². The Morgan fingerprint density at radius 2 is 2.00 bits per heavy atom. The summed E-state index contributed by atoms with van der Waals surface area (Å²) in [5.74, 6) is 0. The Kier molecular flexibility index (Phi) is 3.91. The van der Waals surface area contributed by atoms with Crippen LogP contribution >= 0.6 is 22.6 Å². The number of halogens is 1. The van der Waals surface area contributed by atoms with E-state index in [4.69, 9.17) is 9.84 Å². The predicted molar refractivity (Wildman–Crippen MR) is 84.5 cm³/mol. The number of aryl methyl sites for hydroxylation is 1. The van der Waals surface area contributed by atoms with Gasteiger partial charge in [0.05, 0.1) is 20.9 Å². The largest absolute Gasteiger partial charge is 0.375 e. The molecule has 0 bridgehead atoms. The fourth-order valence-electron chi connectivity index (χ4n) is 3.75. The maximum Gasteiger partial charge on any atom is 0.0730 e. The van der Waals surface area contributed by atoms with E-state index < -0.39 is 0 Å². The van der Waals surface area contributed by atoms with Crippen LogP contribution in [0.4, 0.5) is 0 Å². The van der Waals surface area contributed by atoms with Crippen molar-refractivity contribution < 1.29 is 4.74 Å². The van der Waals surface area contributed by atoms with Crippen molar-refractivity contribution in [3.63, 3.8) is 0 Å². The van der Waals surface area contributed by atoms with E-state index >= 15 is 0 Å². The van der Waals surface area contributed by atoms with Gasteiger partial charge in [-0.2, -0.15) is 5.10 Å². The fraction of sp³-hybridized carbons (Fsp3) is 0.800. The van der Waals surface area contributed by atoms with Crippen LogP contribution in [0.15, 0.2) is 0 Å². The molecule has 3 rings (SSSR count). The van der Waals surface area contributed by atoms with Crippen LogP contribution in [0.5, 0.6) is 0 Å². The molecular formula is C15H23IN2O. The molecule has 2 fully saturated rings. The van der Waals surface area contributed by atoms with Gasteiger partial charge in [0, 0.05) is 12.3 Å². The lowest BCUT2D eigenvalue weighted by Gasteiger charge is -2.43. The Hall–Kier alpha value is -0.100. The summed E-state index contributed by atoms with van der Waals surface area (Å²) in [5.41, 5.74) is 2.66. The van der Waals surface area contributed by atoms with Crippen LogP contribution < -0.4 is 0 Å². The Morgan fingerprint density at radius 1 is 1.26 bits per heavy atom. The van der Waals surface area contributed by atoms with Gasteiger partial charge in [-0.15, -0.1) is 0 Å². The average Bonchev–Trinajstić information content (AvgIpc) is 2.68. The topological polar surface area (TPSA) is 27.1 Å². The molecule has 2 heterocycles. The minimum atomic E-state index is 0.166. The molecule has 0 radical (unpaired) electrons. The van der Waals surface area contributed by atoms with Crippen molar-refractivity contribution in [2.45, 2.75) is 70.4 Å². The quantitative estimate of drug-likeness (QED) is 0.691. The number of rotatable bonds is 1. The molecule has 1 atom stereocenters. The van der Waals surface area contributed by atoms with Gasteiger partial charge >= 0.3 is 0 Å². The fourth-order valence-corrected chi connectivity index (χ4v) is 4.11. The zero-order valence-electron chi connectivity index (χ0n) is 11.9. The highest BCUT2D eigenvalue weighted by Crippen LogP contribution is 2.42. The average molecular weight is 374 g/mol. The lowest BCUT2D eigenvalue weighted by Crippen LogP contribution is -2.42. The molecule has 0 aromatic carbocycles. The Balaban J connectivity index is 1.83. The van der Waals surface area contributed by atoms with Crippen molar-refractivity contribution >= 4 is 22.6 Å². The number of aromatic nitrogens is 2. The first-order valence-electron chi connectivity index (χ1n) is 7.46. The second kappa shape index (κ2) is 5.35. The maximum atomic E-state index is 6.19. The monoisotopic (exact) mass is 374 g/mol. The molecule has 1 saturated heterocycles. The molecular weight excluding hydrogens is 351 g/mol. The molecule has 0 amide bonds. The first-order chi connectivity index (χ1) is 9.11. The number of hydrogen-bond acceptors (Lipinski definition) is 2. The van der Waals surface area contributed by atoms with Gasteiger partial charge in [0.1, 0.15) is 0 Å². The van der Waals surface area contributed by atoms with E-state index in [-0.39, 0.29) is 5.60 Å². The molecule has 1 aromatic heterocycles. The van der Waals surface area contributed by atoms with Crippen LogP contribution in [0.2, 0.25) is 0 Å². The summed E-state index contributed by atoms with van der Waals surface area (Å²) in [6, 6.07) is 0.536. The van der Waals surface area contributed by atoms with Crippen LogP contribution in [0.3, 0.4) is 0 Å². The first-order valence-corrected chi connectivity index (χ1v) is 8.54. The van der Waals surface area contributed by atoms with Crippen molar-refractivity contribution in [1.82, 2.24) is 9.78 Å². The van der Waals surface area contributed by atoms with E-state index in [0.717, 1.165) is 19.4 Å². The van der Waals surface area contributed by atoms with Crippen LogP contribution in [0.25, 0.3) is 0 Å². The summed E-state index contributed by atoms with van der Waals surface area (Å²) >= 11 is 2.42. The van der Waals surface area contributed by atoms with Crippen molar-refractivity contribution in [2.24, 2.45) is 0 Å². The second-order valence-electron chi connectivity index (χ2n) is 6.17. The van der Waals surface area contributed by atoms with E-state index in [1.807, 2.05) is 0 Å². The third-order valence-electron chi connectivity index (χ3n) is 4.81. The highest BCUT2D eigenvalue weighted by Gasteiger charge is 2.39. The normalized spacial score (nSPS) is 26.8. The summed E-state index contributed by atoms with van der Waals surface area (Å²) < 4.78 is 9.79. The molecule has 1 aliphatic carbocycles. The highest BCUT2D eigenvalue weighted by atomic mass is 127. The molecule has 1 unspecified atom stereocenters. The van der Waals surface area contributed by atoms with Gasteiger partial charge in [-0.25, -0.2) is 0 Å². The zero-order valence-corrected chi connectivity index (χ0v) is 14.1. The third kappa shape index (κ3) is 2.58. The molecule has 3 nitrogen and oxygen atoms in total. The first kappa shape index (κ1) is 13.9. The van der Waals surface area contributed by atoms with Gasteiger partial charge < -0.3 is 4.74 Å². The Morgan fingerprint density at radius 3 is 2.63 bits per heavy atom. The van der Waals surface area contributed by atoms with Gasteiger partial charge in [-0.3, -0.25) is 4.68 Å². The van der Waals surface area contributed by atoms with Crippen LogP contribution in [0, 0.1) is 17.4 Å². The standard InChI is InChI=1S/C15H23IN2O/c1-11-14(16)12(2)18(17-11)13-6-9-19-15(10-13)7-4-3-5-8-15/h13H,3-10H2,1-2H3. The Labute approximate surface area is 129 Å². The summed E-state index contributed by atoms with van der Waals surface area (Å²) in [4.78, 5) is 0. The molecule has 106 valence electrons. The minimum absolute atomic E-state index is 0.166. The second-order valence-corrected chi connectivity index (χ2v) is 7.25. The van der Waals surface area contributed by atoms with Gasteiger partial charge in [0.25, 0.3) is 0 Å². The Bertz CT molecular complexity index is 457. The molecule has 1 spiro atoms. The lowest BCUT2D eigenvalue weighted by atomic mass is 9.78. The smallest absolute Gasteiger partial charge is 0.0730 e. The number of nitrogens with zero attached hydrogens (tertiary/aromatic N) is 2. The minimum Gasteiger partial charge on any atom is -0.375 e. The van der Waals surface area contributed by atoms with E-state index in [1.54, 1.807) is 0 Å². The van der Waals surface area contributed by atoms with Crippen molar-refractivity contribution in [1.29, 1.82) is 0 Å². The van der Waals surface area contributed by atoms with Gasteiger partial charge in [-0.1, -0.05) is 19.3 Å². The van der Waals surface area contributed by atoms with Gasteiger partial charge in [0.15, 0.2) is 0 Å². The molecule has 0 N–H and O–H groups in total. The zero-order chi connectivity index (χ0) is 13.5. The molecule has 1 aliphatic heterocycles. The van der Waals surface area contributed by atoms with Crippen molar-refractivity contribution in [3.05, 3.63) is 15.0 Å². The maximum absolute atomic E-state index is 6.19. The number of ether oxygens (including phenoxy) is 1. The summed E-state index contributed by atoms with van der Waals surface area (Å²) in [6.45, 7) is 5.21. The van der Waals surface area contributed by atoms with Crippen LogP contribution in [0.1, 0.15) is 62.4 Å². The van der Waals surface area contributed by atoms with Crippen molar-refractivity contribution in [2.75, 3.05) is 6.61 Å². The summed E-state index contributed by atoms with van der Waals surface area (Å²) in [6.07, 6.45) is 8.82. The third-order valence-corrected chi connectivity index (χ3v) is 6.38. The van der Waals surface area contributed by atoms with Gasteiger partial charge in [-0.05, 0) is 62.1 Å². The highest BCUT2D eigenvalue weighted by molar-refractivity contribution is 14.1. The van der Waals surface area contributed by atoms with E-state index in [0.29, 0.717) is 6.04 Å². The SMILES string of the molecule is Cc1nn(C2CCOC3(CCCCC3)C2)c(C)c1I. The molecule has 1 aromatic rings. The predicted octanol–water partition coefficient (Wildman–Crippen LogP) is 4.16. The van der Waals surface area contributed by atoms with E-state index in [9.17, 15) is 0 Å². The summed E-state index contributed by atoms with van der Waals surface area (Å²) in [7, 11) is 0. The van der Waals surface area contributed by atoms with Crippen LogP contribution in [-0.4, -0.2) is 22.0 Å². The molecule has 4 heteroatoms. The lowest BCUT2D eigenvalue weighted by molar-refractivity contribution is -0.115. The summed E-state index contributed by atoms with van der Waals surface area (Å²) in [5, 5.41) is 4.77. The van der Waals surface area contributed by atoms with Gasteiger partial charge in [0.2, 0.25) is 0 Å². The van der Waals surface area contributed by atoms with Crippen LogP contribution in [-0.2, 0) is 4.74 Å². The van der Waals surface area contributed by atoms with E-state index in [2.05, 4.69) is 41.1 Å². The van der Waals surface area contributed by atoms with Crippen molar-refractivity contribution in [3.8, 4) is 0 Å². The molecule has 19 heavy (non-hydrogen) atoms. The molecule has 2 aliphatic rings. The number of hydrogen-bond donors (Lipinski definition) is 0. The molecule has 1 saturated carbocycles.